The fourth-order valence-electron chi connectivity index (χ4n) is 3.11. The number of benzene rings is 2. The van der Waals surface area contributed by atoms with E-state index in [1.54, 1.807) is 0 Å². The topological polar surface area (TPSA) is 92.8 Å². The van der Waals surface area contributed by atoms with Crippen molar-refractivity contribution in [3.8, 4) is 0 Å². The van der Waals surface area contributed by atoms with Crippen molar-refractivity contribution >= 4 is 50.8 Å². The Morgan fingerprint density at radius 1 is 1.14 bits per heavy atom. The maximum Gasteiger partial charge on any atom is 0.337 e. The van der Waals surface area contributed by atoms with E-state index >= 15 is 0 Å². The number of halogens is 2. The summed E-state index contributed by atoms with van der Waals surface area (Å²) in [5.41, 5.74) is 0.416. The number of ether oxygens (including phenoxy) is 1. The van der Waals surface area contributed by atoms with Crippen molar-refractivity contribution in [1.29, 1.82) is 0 Å². The Bertz CT molecular complexity index is 1040. The first-order valence-corrected chi connectivity index (χ1v) is 10.9. The minimum absolute atomic E-state index is 0.0623. The molecular formula is C19H18Cl2N2O5S. The van der Waals surface area contributed by atoms with E-state index in [1.165, 1.54) is 53.9 Å². The molecule has 1 aliphatic heterocycles. The molecule has 1 N–H and O–H groups in total. The summed E-state index contributed by atoms with van der Waals surface area (Å²) in [4.78, 5) is 24.6. The van der Waals surface area contributed by atoms with Gasteiger partial charge in [-0.05, 0) is 55.3 Å². The molecule has 1 fully saturated rings. The lowest BCUT2D eigenvalue weighted by Crippen LogP contribution is -2.43. The first kappa shape index (κ1) is 21.6. The Kier molecular flexibility index (Phi) is 6.48. The average Bonchev–Trinajstić information content (AvgIpc) is 3.20. The zero-order valence-electron chi connectivity index (χ0n) is 15.4. The van der Waals surface area contributed by atoms with Crippen molar-refractivity contribution in [3.63, 3.8) is 0 Å². The molecule has 2 aromatic carbocycles. The number of hydrogen-bond donors (Lipinski definition) is 1. The summed E-state index contributed by atoms with van der Waals surface area (Å²) < 4.78 is 31.8. The molecule has 10 heteroatoms. The molecule has 0 radical (unpaired) electrons. The number of rotatable bonds is 5. The molecular weight excluding hydrogens is 439 g/mol. The monoisotopic (exact) mass is 456 g/mol. The molecule has 0 bridgehead atoms. The molecule has 1 amide bonds. The lowest BCUT2D eigenvalue weighted by molar-refractivity contribution is -0.119. The summed E-state index contributed by atoms with van der Waals surface area (Å²) in [7, 11) is -2.63. The van der Waals surface area contributed by atoms with Gasteiger partial charge in [-0.25, -0.2) is 13.2 Å². The van der Waals surface area contributed by atoms with Gasteiger partial charge in [-0.3, -0.25) is 4.79 Å². The van der Waals surface area contributed by atoms with E-state index in [0.717, 1.165) is 0 Å². The predicted molar refractivity (Wildman–Crippen MR) is 110 cm³/mol. The van der Waals surface area contributed by atoms with Crippen molar-refractivity contribution in [2.24, 2.45) is 0 Å². The van der Waals surface area contributed by atoms with Crippen LogP contribution in [0.15, 0.2) is 47.4 Å². The highest BCUT2D eigenvalue weighted by Crippen LogP contribution is 2.29. The zero-order chi connectivity index (χ0) is 21.2. The molecule has 154 valence electrons. The highest BCUT2D eigenvalue weighted by molar-refractivity contribution is 7.89. The van der Waals surface area contributed by atoms with Gasteiger partial charge in [-0.15, -0.1) is 0 Å². The predicted octanol–water partition coefficient (Wildman–Crippen LogP) is 3.57. The molecule has 1 heterocycles. The second-order valence-corrected chi connectivity index (χ2v) is 9.14. The molecule has 3 rings (SSSR count). The van der Waals surface area contributed by atoms with Crippen molar-refractivity contribution in [2.45, 2.75) is 23.8 Å². The molecule has 1 atom stereocenters. The first-order valence-electron chi connectivity index (χ1n) is 8.70. The number of nitrogens with zero attached hydrogens (tertiary/aromatic N) is 1. The first-order chi connectivity index (χ1) is 13.7. The second kappa shape index (κ2) is 8.71. The number of nitrogens with one attached hydrogen (secondary N) is 1. The molecule has 1 aliphatic rings. The van der Waals surface area contributed by atoms with Gasteiger partial charge < -0.3 is 10.1 Å². The number of sulfonamides is 1. The van der Waals surface area contributed by atoms with Crippen LogP contribution in [0.3, 0.4) is 0 Å². The number of carbonyl (C=O) groups is 2. The van der Waals surface area contributed by atoms with Crippen LogP contribution in [0, 0.1) is 0 Å². The molecule has 1 unspecified atom stereocenters. The average molecular weight is 457 g/mol. The molecule has 29 heavy (non-hydrogen) atoms. The summed E-state index contributed by atoms with van der Waals surface area (Å²) in [6.07, 6.45) is 0.911. The number of hydrogen-bond acceptors (Lipinski definition) is 5. The van der Waals surface area contributed by atoms with Gasteiger partial charge in [0.1, 0.15) is 6.04 Å². The largest absolute Gasteiger partial charge is 0.465 e. The third kappa shape index (κ3) is 4.56. The smallest absolute Gasteiger partial charge is 0.337 e. The Morgan fingerprint density at radius 2 is 1.83 bits per heavy atom. The van der Waals surface area contributed by atoms with Crippen molar-refractivity contribution in [2.75, 3.05) is 19.0 Å². The molecule has 7 nitrogen and oxygen atoms in total. The van der Waals surface area contributed by atoms with Gasteiger partial charge in [-0.1, -0.05) is 23.2 Å². The van der Waals surface area contributed by atoms with E-state index < -0.39 is 27.9 Å². The third-order valence-corrected chi connectivity index (χ3v) is 7.08. The minimum atomic E-state index is -3.87. The van der Waals surface area contributed by atoms with Gasteiger partial charge in [0.05, 0.1) is 28.3 Å². The van der Waals surface area contributed by atoms with Crippen LogP contribution >= 0.6 is 23.2 Å². The van der Waals surface area contributed by atoms with Gasteiger partial charge in [-0.2, -0.15) is 4.31 Å². The quantitative estimate of drug-likeness (QED) is 0.693. The molecule has 0 aromatic heterocycles. The van der Waals surface area contributed by atoms with Gasteiger partial charge in [0, 0.05) is 11.6 Å². The number of esters is 1. The van der Waals surface area contributed by atoms with Crippen LogP contribution < -0.4 is 5.32 Å². The van der Waals surface area contributed by atoms with E-state index in [2.05, 4.69) is 10.1 Å². The second-order valence-electron chi connectivity index (χ2n) is 6.40. The van der Waals surface area contributed by atoms with Crippen LogP contribution in [0.2, 0.25) is 10.0 Å². The van der Waals surface area contributed by atoms with Crippen molar-refractivity contribution in [1.82, 2.24) is 4.31 Å². The highest BCUT2D eigenvalue weighted by atomic mass is 35.5. The van der Waals surface area contributed by atoms with Crippen LogP contribution in [0.1, 0.15) is 23.2 Å². The SMILES string of the molecule is COC(=O)c1ccc(Cl)c(NC(=O)C2CCCN2S(=O)(=O)c2ccc(Cl)cc2)c1. The molecule has 1 saturated heterocycles. The summed E-state index contributed by atoms with van der Waals surface area (Å²) in [6.45, 7) is 0.221. The Hall–Kier alpha value is -2.13. The van der Waals surface area contributed by atoms with Crippen molar-refractivity contribution in [3.05, 3.63) is 58.1 Å². The number of methoxy groups -OCH3 is 1. The van der Waals surface area contributed by atoms with Gasteiger partial charge in [0.15, 0.2) is 0 Å². The van der Waals surface area contributed by atoms with Gasteiger partial charge in [0.2, 0.25) is 15.9 Å². The fourth-order valence-corrected chi connectivity index (χ4v) is 5.06. The zero-order valence-corrected chi connectivity index (χ0v) is 17.7. The third-order valence-electron chi connectivity index (χ3n) is 4.57. The van der Waals surface area contributed by atoms with E-state index in [0.29, 0.717) is 17.9 Å². The lowest BCUT2D eigenvalue weighted by atomic mass is 10.1. The van der Waals surface area contributed by atoms with E-state index in [9.17, 15) is 18.0 Å². The standard InChI is InChI=1S/C19H18Cl2N2O5S/c1-28-19(25)12-4-9-15(21)16(11-12)22-18(24)17-3-2-10-23(17)29(26,27)14-7-5-13(20)6-8-14/h4-9,11,17H,2-3,10H2,1H3,(H,22,24). The van der Waals surface area contributed by atoms with Crippen LogP contribution in [0.5, 0.6) is 0 Å². The maximum absolute atomic E-state index is 13.0. The lowest BCUT2D eigenvalue weighted by Gasteiger charge is -2.23. The fraction of sp³-hybridized carbons (Fsp3) is 0.263. The Labute approximate surface area is 178 Å². The van der Waals surface area contributed by atoms with Crippen LogP contribution in [0.4, 0.5) is 5.69 Å². The summed E-state index contributed by atoms with van der Waals surface area (Å²) in [6, 6.07) is 9.20. The Balaban J connectivity index is 1.84. The molecule has 0 saturated carbocycles. The Morgan fingerprint density at radius 3 is 2.48 bits per heavy atom. The van der Waals surface area contributed by atoms with E-state index in [4.69, 9.17) is 23.2 Å². The van der Waals surface area contributed by atoms with Crippen LogP contribution in [-0.2, 0) is 19.6 Å². The number of anilines is 1. The van der Waals surface area contributed by atoms with Crippen LogP contribution in [-0.4, -0.2) is 44.3 Å². The normalized spacial score (nSPS) is 17.1. The summed E-state index contributed by atoms with van der Waals surface area (Å²) in [5, 5.41) is 3.26. The van der Waals surface area contributed by atoms with Gasteiger partial charge >= 0.3 is 5.97 Å². The molecule has 2 aromatic rings. The molecule has 0 aliphatic carbocycles. The highest BCUT2D eigenvalue weighted by Gasteiger charge is 2.39. The van der Waals surface area contributed by atoms with Gasteiger partial charge in [0.25, 0.3) is 0 Å². The maximum atomic E-state index is 13.0. The number of amides is 1. The van der Waals surface area contributed by atoms with Crippen LogP contribution in [0.25, 0.3) is 0 Å². The minimum Gasteiger partial charge on any atom is -0.465 e. The van der Waals surface area contributed by atoms with Crippen molar-refractivity contribution < 1.29 is 22.7 Å². The van der Waals surface area contributed by atoms with E-state index in [-0.39, 0.29) is 27.7 Å². The summed E-state index contributed by atoms with van der Waals surface area (Å²) in [5.74, 6) is -1.10. The summed E-state index contributed by atoms with van der Waals surface area (Å²) >= 11 is 12.0. The van der Waals surface area contributed by atoms with E-state index in [1.807, 2.05) is 0 Å². The molecule has 0 spiro atoms. The number of carbonyl (C=O) groups excluding carboxylic acids is 2.